The van der Waals surface area contributed by atoms with Crippen molar-refractivity contribution in [1.29, 1.82) is 0 Å². The van der Waals surface area contributed by atoms with Gasteiger partial charge in [0.25, 0.3) is 0 Å². The number of halogens is 1. The van der Waals surface area contributed by atoms with Crippen LogP contribution in [0.25, 0.3) is 0 Å². The molecule has 2 unspecified atom stereocenters. The first-order valence-electron chi connectivity index (χ1n) is 8.80. The van der Waals surface area contributed by atoms with Gasteiger partial charge in [0.15, 0.2) is 0 Å². The zero-order valence-electron chi connectivity index (χ0n) is 14.4. The van der Waals surface area contributed by atoms with Crippen molar-refractivity contribution in [3.05, 3.63) is 35.6 Å². The van der Waals surface area contributed by atoms with Crippen molar-refractivity contribution in [3.63, 3.8) is 0 Å². The Morgan fingerprint density at radius 3 is 2.44 bits per heavy atom. The van der Waals surface area contributed by atoms with Crippen molar-refractivity contribution in [2.75, 3.05) is 26.3 Å². The zero-order chi connectivity index (χ0) is 18.0. The molecular formula is C19H24FNO4. The quantitative estimate of drug-likeness (QED) is 0.910. The zero-order valence-corrected chi connectivity index (χ0v) is 14.4. The second-order valence-electron chi connectivity index (χ2n) is 7.16. The summed E-state index contributed by atoms with van der Waals surface area (Å²) in [4.78, 5) is 26.5. The van der Waals surface area contributed by atoms with Crippen LogP contribution in [0, 0.1) is 17.7 Å². The van der Waals surface area contributed by atoms with Gasteiger partial charge in [-0.3, -0.25) is 9.59 Å². The molecule has 3 rings (SSSR count). The van der Waals surface area contributed by atoms with Gasteiger partial charge in [-0.25, -0.2) is 4.39 Å². The minimum absolute atomic E-state index is 0.0121. The average molecular weight is 349 g/mol. The van der Waals surface area contributed by atoms with E-state index in [-0.39, 0.29) is 17.6 Å². The largest absolute Gasteiger partial charge is 0.481 e. The molecule has 2 heterocycles. The van der Waals surface area contributed by atoms with Crippen LogP contribution in [0.4, 0.5) is 4.39 Å². The lowest BCUT2D eigenvalue weighted by molar-refractivity contribution is -0.151. The molecule has 1 amide bonds. The van der Waals surface area contributed by atoms with E-state index in [4.69, 9.17) is 4.74 Å². The van der Waals surface area contributed by atoms with Crippen LogP contribution in [0.1, 0.15) is 31.7 Å². The maximum absolute atomic E-state index is 13.4. The van der Waals surface area contributed by atoms with Crippen molar-refractivity contribution in [2.45, 2.75) is 31.6 Å². The maximum Gasteiger partial charge on any atom is 0.306 e. The summed E-state index contributed by atoms with van der Waals surface area (Å²) < 4.78 is 18.8. The number of nitrogens with zero attached hydrogens (tertiary/aromatic N) is 1. The molecule has 0 saturated carbocycles. The summed E-state index contributed by atoms with van der Waals surface area (Å²) in [6.07, 6.45) is 1.59. The lowest BCUT2D eigenvalue weighted by Crippen LogP contribution is -2.54. The van der Waals surface area contributed by atoms with Crippen LogP contribution in [0.15, 0.2) is 24.3 Å². The topological polar surface area (TPSA) is 66.8 Å². The number of carboxylic acid groups (broad SMARTS) is 1. The molecule has 2 fully saturated rings. The van der Waals surface area contributed by atoms with Gasteiger partial charge in [-0.1, -0.05) is 19.1 Å². The molecule has 2 atom stereocenters. The number of hydrogen-bond acceptors (Lipinski definition) is 3. The van der Waals surface area contributed by atoms with Crippen molar-refractivity contribution in [1.82, 2.24) is 4.90 Å². The number of hydrogen-bond donors (Lipinski definition) is 1. The summed E-state index contributed by atoms with van der Waals surface area (Å²) in [6.45, 7) is 3.75. The van der Waals surface area contributed by atoms with Gasteiger partial charge in [-0.15, -0.1) is 0 Å². The standard InChI is InChI=1S/C19H24FNO4/c1-13-12-21(9-6-16(13)17(22)23)18(24)19(7-10-25-11-8-19)14-2-4-15(20)5-3-14/h2-5,13,16H,6-12H2,1H3,(H,22,23). The number of likely N-dealkylation sites (tertiary alicyclic amines) is 1. The van der Waals surface area contributed by atoms with Gasteiger partial charge < -0.3 is 14.7 Å². The Hall–Kier alpha value is -1.95. The van der Waals surface area contributed by atoms with Crippen LogP contribution in [-0.4, -0.2) is 48.2 Å². The molecule has 5 nitrogen and oxygen atoms in total. The Kier molecular flexibility index (Phi) is 5.08. The van der Waals surface area contributed by atoms with Crippen LogP contribution in [0.5, 0.6) is 0 Å². The number of ether oxygens (including phenoxy) is 1. The second kappa shape index (κ2) is 7.12. The Balaban J connectivity index is 1.85. The summed E-state index contributed by atoms with van der Waals surface area (Å²) in [5, 5.41) is 9.28. The number of rotatable bonds is 3. The first-order valence-corrected chi connectivity index (χ1v) is 8.80. The molecule has 1 N–H and O–H groups in total. The molecule has 0 radical (unpaired) electrons. The van der Waals surface area contributed by atoms with Crippen molar-refractivity contribution in [3.8, 4) is 0 Å². The Labute approximate surface area is 146 Å². The summed E-state index contributed by atoms with van der Waals surface area (Å²) in [5.41, 5.74) is 0.108. The molecule has 2 aliphatic heterocycles. The Morgan fingerprint density at radius 1 is 1.24 bits per heavy atom. The van der Waals surface area contributed by atoms with E-state index in [1.807, 2.05) is 6.92 Å². The van der Waals surface area contributed by atoms with Gasteiger partial charge in [0, 0.05) is 26.3 Å². The number of carboxylic acids is 1. The van der Waals surface area contributed by atoms with Gasteiger partial charge in [0.05, 0.1) is 11.3 Å². The first kappa shape index (κ1) is 17.9. The molecule has 0 bridgehead atoms. The van der Waals surface area contributed by atoms with Crippen molar-refractivity contribution >= 4 is 11.9 Å². The third-order valence-electron chi connectivity index (χ3n) is 5.66. The fraction of sp³-hybridized carbons (Fsp3) is 0.579. The molecule has 25 heavy (non-hydrogen) atoms. The summed E-state index contributed by atoms with van der Waals surface area (Å²) >= 11 is 0. The normalized spacial score (nSPS) is 26.2. The van der Waals surface area contributed by atoms with E-state index in [2.05, 4.69) is 0 Å². The highest BCUT2D eigenvalue weighted by atomic mass is 19.1. The first-order chi connectivity index (χ1) is 11.9. The smallest absolute Gasteiger partial charge is 0.306 e. The van der Waals surface area contributed by atoms with Gasteiger partial charge in [-0.2, -0.15) is 0 Å². The third kappa shape index (κ3) is 3.40. The molecule has 0 spiro atoms. The summed E-state index contributed by atoms with van der Waals surface area (Å²) in [6, 6.07) is 6.15. The highest BCUT2D eigenvalue weighted by Crippen LogP contribution is 2.38. The van der Waals surface area contributed by atoms with Crippen LogP contribution in [-0.2, 0) is 19.7 Å². The van der Waals surface area contributed by atoms with Crippen LogP contribution in [0.2, 0.25) is 0 Å². The van der Waals surface area contributed by atoms with Crippen molar-refractivity contribution < 1.29 is 23.8 Å². The highest BCUT2D eigenvalue weighted by Gasteiger charge is 2.46. The fourth-order valence-electron chi connectivity index (χ4n) is 4.11. The summed E-state index contributed by atoms with van der Waals surface area (Å²) in [5.74, 6) is -1.59. The van der Waals surface area contributed by atoms with E-state index in [0.29, 0.717) is 45.6 Å². The number of piperidine rings is 1. The third-order valence-corrected chi connectivity index (χ3v) is 5.66. The second-order valence-corrected chi connectivity index (χ2v) is 7.16. The number of amides is 1. The number of benzene rings is 1. The van der Waals surface area contributed by atoms with Crippen molar-refractivity contribution in [2.24, 2.45) is 11.8 Å². The van der Waals surface area contributed by atoms with E-state index in [9.17, 15) is 19.1 Å². The highest BCUT2D eigenvalue weighted by molar-refractivity contribution is 5.88. The molecule has 6 heteroatoms. The number of carbonyl (C=O) groups excluding carboxylic acids is 1. The van der Waals surface area contributed by atoms with Crippen LogP contribution in [0.3, 0.4) is 0 Å². The van der Waals surface area contributed by atoms with E-state index < -0.39 is 17.3 Å². The maximum atomic E-state index is 13.4. The van der Waals surface area contributed by atoms with E-state index in [0.717, 1.165) is 5.56 Å². The van der Waals surface area contributed by atoms with Gasteiger partial charge in [0.1, 0.15) is 5.82 Å². The molecule has 1 aromatic rings. The minimum Gasteiger partial charge on any atom is -0.481 e. The molecule has 1 aromatic carbocycles. The molecule has 2 saturated heterocycles. The SMILES string of the molecule is CC1CN(C(=O)C2(c3ccc(F)cc3)CCOCC2)CCC1C(=O)O. The van der Waals surface area contributed by atoms with E-state index in [1.54, 1.807) is 17.0 Å². The van der Waals surface area contributed by atoms with Gasteiger partial charge in [-0.05, 0) is 42.9 Å². The predicted octanol–water partition coefficient (Wildman–Crippen LogP) is 2.44. The van der Waals surface area contributed by atoms with Gasteiger partial charge >= 0.3 is 5.97 Å². The Morgan fingerprint density at radius 2 is 1.88 bits per heavy atom. The Bertz CT molecular complexity index is 639. The minimum atomic E-state index is -0.793. The van der Waals surface area contributed by atoms with E-state index in [1.165, 1.54) is 12.1 Å². The molecule has 2 aliphatic rings. The molecule has 0 aromatic heterocycles. The number of carbonyl (C=O) groups is 2. The lowest BCUT2D eigenvalue weighted by Gasteiger charge is -2.43. The lowest BCUT2D eigenvalue weighted by atomic mass is 9.72. The monoisotopic (exact) mass is 349 g/mol. The average Bonchev–Trinajstić information content (AvgIpc) is 2.61. The molecular weight excluding hydrogens is 325 g/mol. The van der Waals surface area contributed by atoms with E-state index >= 15 is 0 Å². The number of aliphatic carboxylic acids is 1. The van der Waals surface area contributed by atoms with Crippen LogP contribution < -0.4 is 0 Å². The molecule has 136 valence electrons. The summed E-state index contributed by atoms with van der Waals surface area (Å²) in [7, 11) is 0. The van der Waals surface area contributed by atoms with Gasteiger partial charge in [0.2, 0.25) is 5.91 Å². The predicted molar refractivity (Wildman–Crippen MR) is 89.6 cm³/mol. The molecule has 0 aliphatic carbocycles. The van der Waals surface area contributed by atoms with Crippen LogP contribution >= 0.6 is 0 Å². The fourth-order valence-corrected chi connectivity index (χ4v) is 4.11.